The zero-order valence-corrected chi connectivity index (χ0v) is 11.0. The van der Waals surface area contributed by atoms with Crippen LogP contribution in [0, 0.1) is 11.8 Å². The van der Waals surface area contributed by atoms with Gasteiger partial charge in [0.15, 0.2) is 0 Å². The predicted molar refractivity (Wildman–Crippen MR) is 65.1 cm³/mol. The molecule has 5 nitrogen and oxygen atoms in total. The van der Waals surface area contributed by atoms with Gasteiger partial charge in [-0.25, -0.2) is 4.72 Å². The van der Waals surface area contributed by atoms with Gasteiger partial charge in [0.25, 0.3) is 10.2 Å². The predicted octanol–water partition coefficient (Wildman–Crippen LogP) is 0.148. The Balaban J connectivity index is 2.53. The fourth-order valence-corrected chi connectivity index (χ4v) is 3.68. The van der Waals surface area contributed by atoms with Crippen molar-refractivity contribution >= 4 is 10.2 Å². The highest BCUT2D eigenvalue weighted by Gasteiger charge is 2.29. The topological polar surface area (TPSA) is 75.4 Å². The van der Waals surface area contributed by atoms with Gasteiger partial charge < -0.3 is 5.73 Å². The van der Waals surface area contributed by atoms with E-state index in [2.05, 4.69) is 18.6 Å². The molecule has 0 bridgehead atoms. The van der Waals surface area contributed by atoms with E-state index in [1.165, 1.54) is 0 Å². The molecule has 16 heavy (non-hydrogen) atoms. The molecular formula is C10H23N3O2S. The highest BCUT2D eigenvalue weighted by molar-refractivity contribution is 7.87. The van der Waals surface area contributed by atoms with Gasteiger partial charge in [-0.1, -0.05) is 13.8 Å². The van der Waals surface area contributed by atoms with Crippen LogP contribution in [0.1, 0.15) is 26.7 Å². The third-order valence-corrected chi connectivity index (χ3v) is 4.39. The first-order chi connectivity index (χ1) is 7.45. The number of hydrogen-bond donors (Lipinski definition) is 2. The summed E-state index contributed by atoms with van der Waals surface area (Å²) in [7, 11) is -3.29. The maximum absolute atomic E-state index is 11.9. The molecule has 6 heteroatoms. The SMILES string of the molecule is CC1CC(C)CN(S(=O)(=O)NCCCN)C1. The minimum Gasteiger partial charge on any atom is -0.330 e. The zero-order valence-electron chi connectivity index (χ0n) is 10.1. The number of nitrogens with one attached hydrogen (secondary N) is 1. The van der Waals surface area contributed by atoms with Gasteiger partial charge in [-0.3, -0.25) is 0 Å². The molecule has 1 rings (SSSR count). The molecule has 1 heterocycles. The number of rotatable bonds is 5. The van der Waals surface area contributed by atoms with Crippen molar-refractivity contribution in [3.8, 4) is 0 Å². The molecule has 0 aromatic rings. The molecular weight excluding hydrogens is 226 g/mol. The first-order valence-electron chi connectivity index (χ1n) is 5.90. The first kappa shape index (κ1) is 13.9. The molecule has 0 aromatic heterocycles. The van der Waals surface area contributed by atoms with E-state index in [9.17, 15) is 8.42 Å². The number of piperidine rings is 1. The summed E-state index contributed by atoms with van der Waals surface area (Å²) in [6.07, 6.45) is 1.78. The van der Waals surface area contributed by atoms with Crippen molar-refractivity contribution in [2.75, 3.05) is 26.2 Å². The van der Waals surface area contributed by atoms with Crippen molar-refractivity contribution in [3.63, 3.8) is 0 Å². The normalized spacial score (nSPS) is 28.2. The molecule has 1 saturated heterocycles. The van der Waals surface area contributed by atoms with Crippen molar-refractivity contribution < 1.29 is 8.42 Å². The Morgan fingerprint density at radius 3 is 2.38 bits per heavy atom. The van der Waals surface area contributed by atoms with Crippen molar-refractivity contribution in [1.29, 1.82) is 0 Å². The van der Waals surface area contributed by atoms with Crippen LogP contribution in [0.4, 0.5) is 0 Å². The van der Waals surface area contributed by atoms with E-state index in [1.54, 1.807) is 4.31 Å². The number of nitrogens with zero attached hydrogens (tertiary/aromatic N) is 1. The van der Waals surface area contributed by atoms with Gasteiger partial charge in [0.2, 0.25) is 0 Å². The summed E-state index contributed by atoms with van der Waals surface area (Å²) in [4.78, 5) is 0. The van der Waals surface area contributed by atoms with Crippen LogP contribution in [0.15, 0.2) is 0 Å². The molecule has 0 aromatic carbocycles. The monoisotopic (exact) mass is 249 g/mol. The lowest BCUT2D eigenvalue weighted by atomic mass is 9.94. The second-order valence-corrected chi connectivity index (χ2v) is 6.56. The smallest absolute Gasteiger partial charge is 0.279 e. The molecule has 0 amide bonds. The summed E-state index contributed by atoms with van der Waals surface area (Å²) >= 11 is 0. The van der Waals surface area contributed by atoms with Crippen molar-refractivity contribution in [2.24, 2.45) is 17.6 Å². The Labute approximate surface area is 98.6 Å². The minimum atomic E-state index is -3.29. The van der Waals surface area contributed by atoms with Gasteiger partial charge in [0.1, 0.15) is 0 Å². The fourth-order valence-electron chi connectivity index (χ4n) is 2.20. The minimum absolute atomic E-state index is 0.429. The first-order valence-corrected chi connectivity index (χ1v) is 7.34. The summed E-state index contributed by atoms with van der Waals surface area (Å²) < 4.78 is 28.0. The van der Waals surface area contributed by atoms with E-state index in [-0.39, 0.29) is 0 Å². The average molecular weight is 249 g/mol. The molecule has 0 radical (unpaired) electrons. The third-order valence-electron chi connectivity index (χ3n) is 2.84. The molecule has 0 saturated carbocycles. The van der Waals surface area contributed by atoms with Crippen LogP contribution in [-0.2, 0) is 10.2 Å². The van der Waals surface area contributed by atoms with Gasteiger partial charge in [0.05, 0.1) is 0 Å². The van der Waals surface area contributed by atoms with Crippen molar-refractivity contribution in [2.45, 2.75) is 26.7 Å². The lowest BCUT2D eigenvalue weighted by molar-refractivity contribution is 0.220. The van der Waals surface area contributed by atoms with Gasteiger partial charge >= 0.3 is 0 Å². The Morgan fingerprint density at radius 1 is 1.31 bits per heavy atom. The third kappa shape index (κ3) is 4.01. The lowest BCUT2D eigenvalue weighted by Crippen LogP contribution is -2.48. The Morgan fingerprint density at radius 2 is 1.88 bits per heavy atom. The lowest BCUT2D eigenvalue weighted by Gasteiger charge is -2.33. The van der Waals surface area contributed by atoms with Gasteiger partial charge in [-0.05, 0) is 31.2 Å². The van der Waals surface area contributed by atoms with Crippen LogP contribution in [0.5, 0.6) is 0 Å². The average Bonchev–Trinajstić information content (AvgIpc) is 2.16. The molecule has 0 spiro atoms. The second kappa shape index (κ2) is 5.95. The molecule has 1 aliphatic heterocycles. The van der Waals surface area contributed by atoms with E-state index >= 15 is 0 Å². The summed E-state index contributed by atoms with van der Waals surface area (Å²) in [5.41, 5.74) is 5.33. The summed E-state index contributed by atoms with van der Waals surface area (Å²) in [6.45, 7) is 6.38. The van der Waals surface area contributed by atoms with Gasteiger partial charge in [-0.2, -0.15) is 12.7 Å². The quantitative estimate of drug-likeness (QED) is 0.681. The molecule has 3 N–H and O–H groups in total. The maximum Gasteiger partial charge on any atom is 0.279 e. The largest absolute Gasteiger partial charge is 0.330 e. The van der Waals surface area contributed by atoms with Crippen LogP contribution in [0.2, 0.25) is 0 Å². The molecule has 2 atom stereocenters. The summed E-state index contributed by atoms with van der Waals surface area (Å²) in [5.74, 6) is 0.879. The summed E-state index contributed by atoms with van der Waals surface area (Å²) in [5, 5.41) is 0. The van der Waals surface area contributed by atoms with E-state index in [0.717, 1.165) is 6.42 Å². The molecule has 0 aliphatic carbocycles. The van der Waals surface area contributed by atoms with Crippen LogP contribution in [0.25, 0.3) is 0 Å². The van der Waals surface area contributed by atoms with E-state index in [4.69, 9.17) is 5.73 Å². The number of hydrogen-bond acceptors (Lipinski definition) is 3. The zero-order chi connectivity index (χ0) is 12.2. The van der Waals surface area contributed by atoms with Crippen LogP contribution in [-0.4, -0.2) is 38.9 Å². The standard InChI is InChI=1S/C10H23N3O2S/c1-9-6-10(2)8-13(7-9)16(14,15)12-5-3-4-11/h9-10,12H,3-8,11H2,1-2H3. The fraction of sp³-hybridized carbons (Fsp3) is 1.00. The Hall–Kier alpha value is -0.170. The van der Waals surface area contributed by atoms with E-state index in [0.29, 0.717) is 44.4 Å². The van der Waals surface area contributed by atoms with E-state index in [1.807, 2.05) is 0 Å². The van der Waals surface area contributed by atoms with Gasteiger partial charge in [0, 0.05) is 19.6 Å². The highest BCUT2D eigenvalue weighted by Crippen LogP contribution is 2.22. The molecule has 96 valence electrons. The maximum atomic E-state index is 11.9. The van der Waals surface area contributed by atoms with Gasteiger partial charge in [-0.15, -0.1) is 0 Å². The number of nitrogens with two attached hydrogens (primary N) is 1. The molecule has 2 unspecified atom stereocenters. The van der Waals surface area contributed by atoms with Crippen LogP contribution in [0.3, 0.4) is 0 Å². The van der Waals surface area contributed by atoms with Crippen LogP contribution < -0.4 is 10.5 Å². The molecule has 1 fully saturated rings. The highest BCUT2D eigenvalue weighted by atomic mass is 32.2. The Kier molecular flexibility index (Phi) is 5.17. The summed E-state index contributed by atoms with van der Waals surface area (Å²) in [6, 6.07) is 0. The van der Waals surface area contributed by atoms with Crippen molar-refractivity contribution in [3.05, 3.63) is 0 Å². The van der Waals surface area contributed by atoms with Crippen LogP contribution >= 0.6 is 0 Å². The van der Waals surface area contributed by atoms with E-state index < -0.39 is 10.2 Å². The van der Waals surface area contributed by atoms with Crippen molar-refractivity contribution in [1.82, 2.24) is 9.03 Å². The molecule has 1 aliphatic rings. The second-order valence-electron chi connectivity index (χ2n) is 4.80. The Bertz CT molecular complexity index is 295.